The Morgan fingerprint density at radius 3 is 2.71 bits per heavy atom. The molecule has 0 fully saturated rings. The molecule has 0 aliphatic carbocycles. The number of urea groups is 1. The largest absolute Gasteiger partial charge is 0.478 e. The van der Waals surface area contributed by atoms with Crippen molar-refractivity contribution in [1.82, 2.24) is 20.2 Å². The number of hydrogen-bond acceptors (Lipinski definition) is 3. The SMILES string of the molecule is Cn1ccnc1CNC(=O)NCc1cccc(C(=O)O)c1. The molecule has 2 rings (SSSR count). The lowest BCUT2D eigenvalue weighted by Crippen LogP contribution is -2.35. The first-order valence-electron chi connectivity index (χ1n) is 6.36. The standard InChI is InChI=1S/C14H16N4O3/c1-18-6-5-15-12(18)9-17-14(21)16-8-10-3-2-4-11(7-10)13(19)20/h2-7H,8-9H2,1H3,(H,19,20)(H2,16,17,21). The van der Waals surface area contributed by atoms with Gasteiger partial charge in [-0.15, -0.1) is 0 Å². The first-order valence-corrected chi connectivity index (χ1v) is 6.36. The fourth-order valence-electron chi connectivity index (χ4n) is 1.79. The van der Waals surface area contributed by atoms with E-state index >= 15 is 0 Å². The molecule has 7 heteroatoms. The average Bonchev–Trinajstić information content (AvgIpc) is 2.88. The summed E-state index contributed by atoms with van der Waals surface area (Å²) >= 11 is 0. The number of nitrogens with one attached hydrogen (secondary N) is 2. The number of nitrogens with zero attached hydrogens (tertiary/aromatic N) is 2. The molecule has 3 N–H and O–H groups in total. The molecule has 21 heavy (non-hydrogen) atoms. The Hall–Kier alpha value is -2.83. The van der Waals surface area contributed by atoms with E-state index in [1.807, 2.05) is 11.6 Å². The lowest BCUT2D eigenvalue weighted by Gasteiger charge is -2.08. The number of aromatic carboxylic acids is 1. The third-order valence-corrected chi connectivity index (χ3v) is 2.96. The van der Waals surface area contributed by atoms with E-state index in [1.54, 1.807) is 24.5 Å². The number of imidazole rings is 1. The van der Waals surface area contributed by atoms with Gasteiger partial charge in [0, 0.05) is 26.0 Å². The first-order chi connectivity index (χ1) is 10.1. The molecule has 0 aliphatic heterocycles. The Kier molecular flexibility index (Phi) is 4.55. The predicted molar refractivity (Wildman–Crippen MR) is 75.7 cm³/mol. The maximum Gasteiger partial charge on any atom is 0.335 e. The van der Waals surface area contributed by atoms with Crippen molar-refractivity contribution in [1.29, 1.82) is 0 Å². The maximum absolute atomic E-state index is 11.7. The molecule has 0 saturated heterocycles. The van der Waals surface area contributed by atoms with Gasteiger partial charge in [0.1, 0.15) is 5.82 Å². The molecule has 7 nitrogen and oxygen atoms in total. The van der Waals surface area contributed by atoms with E-state index in [0.717, 1.165) is 11.4 Å². The zero-order valence-electron chi connectivity index (χ0n) is 11.5. The van der Waals surface area contributed by atoms with E-state index in [4.69, 9.17) is 5.11 Å². The molecule has 2 amide bonds. The van der Waals surface area contributed by atoms with Gasteiger partial charge in [0.15, 0.2) is 0 Å². The van der Waals surface area contributed by atoms with Crippen molar-refractivity contribution in [3.8, 4) is 0 Å². The third-order valence-electron chi connectivity index (χ3n) is 2.96. The highest BCUT2D eigenvalue weighted by Crippen LogP contribution is 2.05. The van der Waals surface area contributed by atoms with Crippen molar-refractivity contribution in [2.75, 3.05) is 0 Å². The van der Waals surface area contributed by atoms with Crippen molar-refractivity contribution < 1.29 is 14.7 Å². The summed E-state index contributed by atoms with van der Waals surface area (Å²) in [6.45, 7) is 0.581. The number of carbonyl (C=O) groups excluding carboxylic acids is 1. The summed E-state index contributed by atoms with van der Waals surface area (Å²) in [4.78, 5) is 26.6. The number of amides is 2. The predicted octanol–water partition coefficient (Wildman–Crippen LogP) is 1.12. The van der Waals surface area contributed by atoms with Crippen LogP contribution < -0.4 is 10.6 Å². The van der Waals surface area contributed by atoms with Crippen molar-refractivity contribution >= 4 is 12.0 Å². The molecular weight excluding hydrogens is 272 g/mol. The summed E-state index contributed by atoms with van der Waals surface area (Å²) in [5.41, 5.74) is 0.921. The van der Waals surface area contributed by atoms with Gasteiger partial charge in [0.05, 0.1) is 12.1 Å². The van der Waals surface area contributed by atoms with Crippen LogP contribution in [0, 0.1) is 0 Å². The number of benzene rings is 1. The maximum atomic E-state index is 11.7. The van der Waals surface area contributed by atoms with Crippen LogP contribution in [0.1, 0.15) is 21.7 Å². The van der Waals surface area contributed by atoms with Crippen LogP contribution in [-0.2, 0) is 20.1 Å². The number of carboxylic acid groups (broad SMARTS) is 1. The molecule has 1 heterocycles. The molecule has 0 bridgehead atoms. The Balaban J connectivity index is 1.82. The molecule has 0 radical (unpaired) electrons. The van der Waals surface area contributed by atoms with Gasteiger partial charge in [-0.3, -0.25) is 0 Å². The van der Waals surface area contributed by atoms with E-state index in [2.05, 4.69) is 15.6 Å². The Bertz CT molecular complexity index is 651. The van der Waals surface area contributed by atoms with Gasteiger partial charge in [-0.1, -0.05) is 12.1 Å². The molecule has 2 aromatic rings. The Morgan fingerprint density at radius 2 is 2.05 bits per heavy atom. The van der Waals surface area contributed by atoms with Gasteiger partial charge in [0.25, 0.3) is 0 Å². The van der Waals surface area contributed by atoms with Crippen LogP contribution in [0.25, 0.3) is 0 Å². The van der Waals surface area contributed by atoms with E-state index in [0.29, 0.717) is 6.54 Å². The minimum atomic E-state index is -0.990. The Labute approximate surface area is 121 Å². The third kappa shape index (κ3) is 4.07. The van der Waals surface area contributed by atoms with Gasteiger partial charge in [-0.2, -0.15) is 0 Å². The summed E-state index contributed by atoms with van der Waals surface area (Å²) in [6, 6.07) is 6.10. The van der Waals surface area contributed by atoms with Crippen molar-refractivity contribution in [3.63, 3.8) is 0 Å². The quantitative estimate of drug-likeness (QED) is 0.768. The molecule has 110 valence electrons. The number of aromatic nitrogens is 2. The van der Waals surface area contributed by atoms with Gasteiger partial charge in [-0.25, -0.2) is 14.6 Å². The van der Waals surface area contributed by atoms with Crippen LogP contribution in [0.2, 0.25) is 0 Å². The number of aryl methyl sites for hydroxylation is 1. The van der Waals surface area contributed by atoms with E-state index in [9.17, 15) is 9.59 Å². The molecule has 0 saturated carbocycles. The highest BCUT2D eigenvalue weighted by atomic mass is 16.4. The second kappa shape index (κ2) is 6.56. The molecule has 0 aliphatic rings. The van der Waals surface area contributed by atoms with Gasteiger partial charge in [0.2, 0.25) is 0 Å². The summed E-state index contributed by atoms with van der Waals surface area (Å²) in [5.74, 6) is -0.242. The van der Waals surface area contributed by atoms with Crippen LogP contribution in [0.4, 0.5) is 4.79 Å². The molecule has 1 aromatic carbocycles. The molecule has 0 unspecified atom stereocenters. The van der Waals surface area contributed by atoms with Crippen LogP contribution in [0.15, 0.2) is 36.7 Å². The summed E-state index contributed by atoms with van der Waals surface area (Å²) in [6.07, 6.45) is 3.46. The van der Waals surface area contributed by atoms with E-state index < -0.39 is 5.97 Å². The smallest absolute Gasteiger partial charge is 0.335 e. The second-order valence-corrected chi connectivity index (χ2v) is 4.50. The molecule has 0 atom stereocenters. The van der Waals surface area contributed by atoms with Crippen molar-refractivity contribution in [2.24, 2.45) is 7.05 Å². The molecular formula is C14H16N4O3. The topological polar surface area (TPSA) is 96.3 Å². The number of carbonyl (C=O) groups is 2. The summed E-state index contributed by atoms with van der Waals surface area (Å²) in [5, 5.41) is 14.2. The number of rotatable bonds is 5. The highest BCUT2D eigenvalue weighted by Gasteiger charge is 2.06. The molecule has 1 aromatic heterocycles. The zero-order valence-corrected chi connectivity index (χ0v) is 11.5. The van der Waals surface area contributed by atoms with Crippen LogP contribution in [0.5, 0.6) is 0 Å². The number of carboxylic acids is 1. The van der Waals surface area contributed by atoms with E-state index in [1.165, 1.54) is 12.1 Å². The lowest BCUT2D eigenvalue weighted by molar-refractivity contribution is 0.0696. The average molecular weight is 288 g/mol. The van der Waals surface area contributed by atoms with Crippen molar-refractivity contribution in [2.45, 2.75) is 13.1 Å². The normalized spacial score (nSPS) is 10.1. The van der Waals surface area contributed by atoms with Crippen LogP contribution >= 0.6 is 0 Å². The van der Waals surface area contributed by atoms with Crippen LogP contribution in [0.3, 0.4) is 0 Å². The van der Waals surface area contributed by atoms with Gasteiger partial charge < -0.3 is 20.3 Å². The minimum Gasteiger partial charge on any atom is -0.478 e. The lowest BCUT2D eigenvalue weighted by atomic mass is 10.1. The fourth-order valence-corrected chi connectivity index (χ4v) is 1.79. The second-order valence-electron chi connectivity index (χ2n) is 4.50. The van der Waals surface area contributed by atoms with Crippen LogP contribution in [-0.4, -0.2) is 26.7 Å². The monoisotopic (exact) mass is 288 g/mol. The van der Waals surface area contributed by atoms with Gasteiger partial charge in [-0.05, 0) is 17.7 Å². The first kappa shape index (κ1) is 14.6. The minimum absolute atomic E-state index is 0.197. The Morgan fingerprint density at radius 1 is 1.29 bits per heavy atom. The summed E-state index contributed by atoms with van der Waals surface area (Å²) in [7, 11) is 1.85. The highest BCUT2D eigenvalue weighted by molar-refractivity contribution is 5.87. The van der Waals surface area contributed by atoms with Gasteiger partial charge >= 0.3 is 12.0 Å². The summed E-state index contributed by atoms with van der Waals surface area (Å²) < 4.78 is 1.82. The fraction of sp³-hybridized carbons (Fsp3) is 0.214. The van der Waals surface area contributed by atoms with Crippen molar-refractivity contribution in [3.05, 3.63) is 53.6 Å². The zero-order chi connectivity index (χ0) is 15.2. The molecule has 0 spiro atoms. The number of hydrogen-bond donors (Lipinski definition) is 3. The van der Waals surface area contributed by atoms with E-state index in [-0.39, 0.29) is 18.1 Å².